The Kier molecular flexibility index (Phi) is 5.28. The van der Waals surface area contributed by atoms with Gasteiger partial charge < -0.3 is 15.6 Å². The standard InChI is InChI=1S/C10H9N3O3.C2HF3O2/c1-16-10(15)7-2-6(4-14)8-3-12-5-13(8)9(7)11;3-2(4,5)1(6)7/h2-5H,11H2,1H3;(H,6,7). The fourth-order valence-corrected chi connectivity index (χ4v) is 1.50. The zero-order chi connectivity index (χ0) is 17.8. The summed E-state index contributed by atoms with van der Waals surface area (Å²) in [5.74, 6) is -3.14. The molecule has 0 aromatic carbocycles. The van der Waals surface area contributed by atoms with E-state index < -0.39 is 18.1 Å². The van der Waals surface area contributed by atoms with Crippen LogP contribution in [0.3, 0.4) is 0 Å². The van der Waals surface area contributed by atoms with E-state index in [9.17, 15) is 22.8 Å². The Morgan fingerprint density at radius 2 is 2.00 bits per heavy atom. The average molecular weight is 333 g/mol. The molecule has 8 nitrogen and oxygen atoms in total. The highest BCUT2D eigenvalue weighted by atomic mass is 19.4. The molecular weight excluding hydrogens is 323 g/mol. The number of aliphatic carboxylic acids is 1. The predicted octanol–water partition coefficient (Wildman–Crippen LogP) is 1.15. The molecule has 2 rings (SSSR count). The number of imidazole rings is 1. The van der Waals surface area contributed by atoms with Gasteiger partial charge in [0.05, 0.1) is 18.8 Å². The van der Waals surface area contributed by atoms with E-state index in [1.165, 1.54) is 30.1 Å². The Balaban J connectivity index is 0.000000322. The summed E-state index contributed by atoms with van der Waals surface area (Å²) in [7, 11) is 1.25. The van der Waals surface area contributed by atoms with Crippen molar-refractivity contribution in [2.24, 2.45) is 0 Å². The number of hydrogen-bond acceptors (Lipinski definition) is 6. The largest absolute Gasteiger partial charge is 0.490 e. The molecular formula is C12H10F3N3O5. The molecule has 0 aliphatic heterocycles. The summed E-state index contributed by atoms with van der Waals surface area (Å²) in [6.45, 7) is 0. The fraction of sp³-hybridized carbons (Fsp3) is 0.167. The Morgan fingerprint density at radius 3 is 2.43 bits per heavy atom. The number of rotatable bonds is 2. The molecule has 0 saturated heterocycles. The second-order valence-corrected chi connectivity index (χ2v) is 3.96. The van der Waals surface area contributed by atoms with E-state index in [1.54, 1.807) is 0 Å². The number of nitrogens with two attached hydrogens (primary N) is 1. The van der Waals surface area contributed by atoms with Gasteiger partial charge in [-0.25, -0.2) is 14.6 Å². The molecule has 0 fully saturated rings. The van der Waals surface area contributed by atoms with Crippen LogP contribution in [0.25, 0.3) is 5.52 Å². The fourth-order valence-electron chi connectivity index (χ4n) is 1.50. The first-order valence-electron chi connectivity index (χ1n) is 5.71. The maximum Gasteiger partial charge on any atom is 0.490 e. The number of carboxylic acids is 1. The second kappa shape index (κ2) is 6.77. The van der Waals surface area contributed by atoms with E-state index in [-0.39, 0.29) is 11.4 Å². The summed E-state index contributed by atoms with van der Waals surface area (Å²) in [4.78, 5) is 35.0. The molecule has 0 unspecified atom stereocenters. The summed E-state index contributed by atoms with van der Waals surface area (Å²) >= 11 is 0. The number of ether oxygens (including phenoxy) is 1. The SMILES string of the molecule is COC(=O)c1cc(C=O)c2cncn2c1N.O=C(O)C(F)(F)F. The van der Waals surface area contributed by atoms with Gasteiger partial charge in [-0.05, 0) is 6.07 Å². The van der Waals surface area contributed by atoms with Gasteiger partial charge in [0.1, 0.15) is 17.7 Å². The van der Waals surface area contributed by atoms with Crippen LogP contribution >= 0.6 is 0 Å². The Labute approximate surface area is 126 Å². The van der Waals surface area contributed by atoms with Crippen LogP contribution in [-0.4, -0.2) is 46.0 Å². The first-order chi connectivity index (χ1) is 10.6. The zero-order valence-corrected chi connectivity index (χ0v) is 11.5. The summed E-state index contributed by atoms with van der Waals surface area (Å²) in [5.41, 5.74) is 6.81. The lowest BCUT2D eigenvalue weighted by atomic mass is 10.1. The predicted molar refractivity (Wildman–Crippen MR) is 70.0 cm³/mol. The van der Waals surface area contributed by atoms with Crippen LogP contribution in [0.15, 0.2) is 18.6 Å². The van der Waals surface area contributed by atoms with Crippen LogP contribution in [-0.2, 0) is 9.53 Å². The van der Waals surface area contributed by atoms with Crippen molar-refractivity contribution >= 4 is 29.6 Å². The molecule has 23 heavy (non-hydrogen) atoms. The van der Waals surface area contributed by atoms with Gasteiger partial charge in [0.2, 0.25) is 0 Å². The number of aromatic nitrogens is 2. The lowest BCUT2D eigenvalue weighted by Crippen LogP contribution is -2.21. The molecule has 0 aliphatic rings. The number of anilines is 1. The molecule has 2 aromatic rings. The third-order valence-electron chi connectivity index (χ3n) is 2.54. The third kappa shape index (κ3) is 3.96. The quantitative estimate of drug-likeness (QED) is 0.624. The molecule has 0 amide bonds. The van der Waals surface area contributed by atoms with Crippen LogP contribution in [0, 0.1) is 0 Å². The number of fused-ring (bicyclic) bond motifs is 1. The minimum atomic E-state index is -5.08. The number of esters is 1. The van der Waals surface area contributed by atoms with Crippen molar-refractivity contribution in [3.8, 4) is 0 Å². The number of carbonyl (C=O) groups is 3. The third-order valence-corrected chi connectivity index (χ3v) is 2.54. The lowest BCUT2D eigenvalue weighted by molar-refractivity contribution is -0.192. The van der Waals surface area contributed by atoms with E-state index in [1.807, 2.05) is 0 Å². The normalized spacial score (nSPS) is 10.6. The van der Waals surface area contributed by atoms with E-state index in [2.05, 4.69) is 9.72 Å². The summed E-state index contributed by atoms with van der Waals surface area (Å²) < 4.78 is 37.8. The van der Waals surface area contributed by atoms with Gasteiger partial charge in [-0.1, -0.05) is 0 Å². The molecule has 0 atom stereocenters. The highest BCUT2D eigenvalue weighted by Gasteiger charge is 2.38. The average Bonchev–Trinajstić information content (AvgIpc) is 2.97. The first kappa shape index (κ1) is 17.9. The highest BCUT2D eigenvalue weighted by molar-refractivity contribution is 5.98. The maximum atomic E-state index is 11.4. The first-order valence-corrected chi connectivity index (χ1v) is 5.71. The number of methoxy groups -OCH3 is 1. The number of nitrogen functional groups attached to an aromatic ring is 1. The van der Waals surface area contributed by atoms with Gasteiger partial charge >= 0.3 is 18.1 Å². The van der Waals surface area contributed by atoms with Crippen molar-refractivity contribution in [3.05, 3.63) is 29.7 Å². The summed E-state index contributed by atoms with van der Waals surface area (Å²) in [6, 6.07) is 1.39. The van der Waals surface area contributed by atoms with Crippen LogP contribution < -0.4 is 5.73 Å². The number of pyridine rings is 1. The molecule has 2 aromatic heterocycles. The van der Waals surface area contributed by atoms with E-state index in [0.717, 1.165) is 0 Å². The van der Waals surface area contributed by atoms with Crippen molar-refractivity contribution in [2.75, 3.05) is 12.8 Å². The van der Waals surface area contributed by atoms with Crippen LogP contribution in [0.2, 0.25) is 0 Å². The van der Waals surface area contributed by atoms with Gasteiger partial charge in [-0.15, -0.1) is 0 Å². The van der Waals surface area contributed by atoms with Gasteiger partial charge in [0.15, 0.2) is 6.29 Å². The van der Waals surface area contributed by atoms with E-state index >= 15 is 0 Å². The Morgan fingerprint density at radius 1 is 1.43 bits per heavy atom. The molecule has 0 saturated carbocycles. The molecule has 0 bridgehead atoms. The maximum absolute atomic E-state index is 11.4. The zero-order valence-electron chi connectivity index (χ0n) is 11.5. The molecule has 0 aliphatic carbocycles. The Bertz CT molecular complexity index is 754. The van der Waals surface area contributed by atoms with Crippen molar-refractivity contribution in [2.45, 2.75) is 6.18 Å². The number of carboxylic acid groups (broad SMARTS) is 1. The summed E-state index contributed by atoms with van der Waals surface area (Å²) in [5, 5.41) is 7.12. The van der Waals surface area contributed by atoms with E-state index in [0.29, 0.717) is 17.4 Å². The van der Waals surface area contributed by atoms with Crippen LogP contribution in [0.4, 0.5) is 19.0 Å². The number of aldehydes is 1. The molecule has 0 radical (unpaired) electrons. The summed E-state index contributed by atoms with van der Waals surface area (Å²) in [6.07, 6.45) is -1.51. The van der Waals surface area contributed by atoms with Gasteiger partial charge in [-0.3, -0.25) is 9.20 Å². The topological polar surface area (TPSA) is 124 Å². The van der Waals surface area contributed by atoms with Crippen LogP contribution in [0.1, 0.15) is 20.7 Å². The number of nitrogens with zero attached hydrogens (tertiary/aromatic N) is 2. The minimum Gasteiger partial charge on any atom is -0.475 e. The monoisotopic (exact) mass is 333 g/mol. The van der Waals surface area contributed by atoms with Crippen molar-refractivity contribution in [1.82, 2.24) is 9.38 Å². The van der Waals surface area contributed by atoms with Crippen molar-refractivity contribution < 1.29 is 37.4 Å². The minimum absolute atomic E-state index is 0.148. The van der Waals surface area contributed by atoms with Crippen LogP contribution in [0.5, 0.6) is 0 Å². The molecule has 11 heteroatoms. The van der Waals surface area contributed by atoms with Gasteiger partial charge in [0.25, 0.3) is 0 Å². The Hall–Kier alpha value is -3.11. The molecule has 3 N–H and O–H groups in total. The number of alkyl halides is 3. The van der Waals surface area contributed by atoms with Crippen molar-refractivity contribution in [3.63, 3.8) is 0 Å². The second-order valence-electron chi connectivity index (χ2n) is 3.96. The lowest BCUT2D eigenvalue weighted by Gasteiger charge is -2.07. The van der Waals surface area contributed by atoms with Crippen molar-refractivity contribution in [1.29, 1.82) is 0 Å². The smallest absolute Gasteiger partial charge is 0.475 e. The molecule has 124 valence electrons. The number of carbonyl (C=O) groups excluding carboxylic acids is 2. The van der Waals surface area contributed by atoms with E-state index in [4.69, 9.17) is 15.6 Å². The number of halogens is 3. The molecule has 0 spiro atoms. The van der Waals surface area contributed by atoms with Gasteiger partial charge in [0, 0.05) is 5.56 Å². The van der Waals surface area contributed by atoms with Gasteiger partial charge in [-0.2, -0.15) is 13.2 Å². The number of hydrogen-bond donors (Lipinski definition) is 2. The highest BCUT2D eigenvalue weighted by Crippen LogP contribution is 2.19. The molecule has 2 heterocycles.